The van der Waals surface area contributed by atoms with Crippen molar-refractivity contribution in [2.24, 2.45) is 11.8 Å². The molecular weight excluding hydrogens is 452 g/mol. The van der Waals surface area contributed by atoms with Gasteiger partial charge in [-0.15, -0.1) is 24.2 Å². The zero-order valence-electron chi connectivity index (χ0n) is 19.5. The van der Waals surface area contributed by atoms with Crippen LogP contribution in [0.25, 0.3) is 22.2 Å². The number of piperidine rings is 3. The average Bonchev–Trinajstić information content (AvgIpc) is 2.87. The van der Waals surface area contributed by atoms with Crippen LogP contribution >= 0.6 is 24.2 Å². The minimum atomic E-state index is -0.544. The number of thioether (sulfide) groups is 1. The molecule has 0 radical (unpaired) electrons. The van der Waals surface area contributed by atoms with Crippen LogP contribution in [0.1, 0.15) is 37.9 Å². The second-order valence-corrected chi connectivity index (χ2v) is 10.0. The summed E-state index contributed by atoms with van der Waals surface area (Å²) in [6, 6.07) is 16.7. The summed E-state index contributed by atoms with van der Waals surface area (Å²) in [5.41, 5.74) is 3.84. The second kappa shape index (κ2) is 10.2. The van der Waals surface area contributed by atoms with Gasteiger partial charge in [0.25, 0.3) is 0 Å². The molecule has 3 aliphatic heterocycles. The monoisotopic (exact) mass is 484 g/mol. The summed E-state index contributed by atoms with van der Waals surface area (Å²) >= 11 is 1.74. The van der Waals surface area contributed by atoms with Crippen molar-refractivity contribution in [3.05, 3.63) is 54.1 Å². The normalized spacial score (nSPS) is 25.0. The zero-order valence-corrected chi connectivity index (χ0v) is 21.2. The first-order valence-corrected chi connectivity index (χ1v) is 12.9. The molecule has 5 atom stereocenters. The molecule has 6 rings (SSSR count). The smallest absolute Gasteiger partial charge is 0.119 e. The van der Waals surface area contributed by atoms with E-state index in [4.69, 9.17) is 9.72 Å². The van der Waals surface area contributed by atoms with Crippen molar-refractivity contribution in [3.63, 3.8) is 0 Å². The Morgan fingerprint density at radius 1 is 1.18 bits per heavy atom. The molecule has 1 unspecified atom stereocenters. The number of aromatic nitrogens is 1. The molecule has 3 saturated heterocycles. The highest BCUT2D eigenvalue weighted by Crippen LogP contribution is 2.43. The number of methoxy groups -OCH3 is 1. The van der Waals surface area contributed by atoms with Crippen LogP contribution in [-0.4, -0.2) is 47.5 Å². The maximum Gasteiger partial charge on any atom is 0.119 e. The molecule has 33 heavy (non-hydrogen) atoms. The summed E-state index contributed by atoms with van der Waals surface area (Å²) in [5, 5.41) is 12.7. The summed E-state index contributed by atoms with van der Waals surface area (Å²) in [6.45, 7) is 4.51. The molecule has 1 N–H and O–H groups in total. The molecule has 0 spiro atoms. The number of hydrogen-bond acceptors (Lipinski definition) is 5. The van der Waals surface area contributed by atoms with E-state index in [-0.39, 0.29) is 18.4 Å². The molecule has 6 heteroatoms. The molecule has 4 nitrogen and oxygen atoms in total. The Hall–Kier alpha value is -1.79. The summed E-state index contributed by atoms with van der Waals surface area (Å²) in [4.78, 5) is 8.71. The third-order valence-electron chi connectivity index (χ3n) is 7.58. The van der Waals surface area contributed by atoms with Crippen LogP contribution in [0.2, 0.25) is 0 Å². The van der Waals surface area contributed by atoms with E-state index in [1.54, 1.807) is 18.9 Å². The lowest BCUT2D eigenvalue weighted by Gasteiger charge is -2.51. The minimum Gasteiger partial charge on any atom is -0.497 e. The van der Waals surface area contributed by atoms with Gasteiger partial charge in [0.1, 0.15) is 5.75 Å². The summed E-state index contributed by atoms with van der Waals surface area (Å²) in [6.07, 6.45) is 5.11. The zero-order chi connectivity index (χ0) is 22.2. The van der Waals surface area contributed by atoms with Crippen LogP contribution < -0.4 is 4.74 Å². The van der Waals surface area contributed by atoms with E-state index < -0.39 is 6.10 Å². The Bertz CT molecular complexity index is 1110. The Morgan fingerprint density at radius 3 is 2.61 bits per heavy atom. The van der Waals surface area contributed by atoms with Gasteiger partial charge in [-0.3, -0.25) is 4.90 Å². The van der Waals surface area contributed by atoms with Crippen LogP contribution in [0.4, 0.5) is 0 Å². The molecule has 0 aliphatic carbocycles. The molecule has 2 bridgehead atoms. The third-order valence-corrected chi connectivity index (χ3v) is 8.32. The van der Waals surface area contributed by atoms with E-state index in [2.05, 4.69) is 48.4 Å². The van der Waals surface area contributed by atoms with Crippen LogP contribution in [0, 0.1) is 11.8 Å². The number of ether oxygens (including phenoxy) is 1. The number of fused-ring (bicyclic) bond motifs is 4. The van der Waals surface area contributed by atoms with Crippen molar-refractivity contribution in [2.75, 3.05) is 26.5 Å². The van der Waals surface area contributed by atoms with E-state index in [9.17, 15) is 5.11 Å². The summed E-state index contributed by atoms with van der Waals surface area (Å²) in [7, 11) is 1.68. The molecule has 3 aromatic rings. The highest BCUT2D eigenvalue weighted by molar-refractivity contribution is 7.98. The topological polar surface area (TPSA) is 45.6 Å². The standard InChI is InChI=1S/C27H32N2O2S.ClH/c1-4-17-16-29-12-11-19(17)13-26(29)27(30)23-15-25(18-5-8-21(32-3)9-6-18)28-24-10-7-20(31-2)14-22(23)24;/h5-10,14-15,17,19,26-27,30H,4,11-13,16H2,1-3H3;1H/t17-,19+,26-,27+;/m0./s1. The number of halogens is 1. The van der Waals surface area contributed by atoms with Crippen LogP contribution in [0.5, 0.6) is 5.75 Å². The quantitative estimate of drug-likeness (QED) is 0.421. The Kier molecular flexibility index (Phi) is 7.54. The molecule has 1 aromatic heterocycles. The van der Waals surface area contributed by atoms with Gasteiger partial charge in [-0.25, -0.2) is 4.98 Å². The molecule has 3 fully saturated rings. The molecule has 2 aromatic carbocycles. The van der Waals surface area contributed by atoms with Gasteiger partial charge in [0.2, 0.25) is 0 Å². The Labute approximate surface area is 207 Å². The second-order valence-electron chi connectivity index (χ2n) is 9.17. The van der Waals surface area contributed by atoms with Crippen LogP contribution in [0.15, 0.2) is 53.4 Å². The third kappa shape index (κ3) is 4.61. The highest BCUT2D eigenvalue weighted by Gasteiger charge is 2.42. The van der Waals surface area contributed by atoms with E-state index in [1.807, 2.05) is 18.2 Å². The van der Waals surface area contributed by atoms with E-state index in [0.717, 1.165) is 64.8 Å². The average molecular weight is 485 g/mol. The van der Waals surface area contributed by atoms with Gasteiger partial charge in [-0.1, -0.05) is 25.5 Å². The summed E-state index contributed by atoms with van der Waals surface area (Å²) < 4.78 is 5.50. The minimum absolute atomic E-state index is 0. The van der Waals surface area contributed by atoms with Gasteiger partial charge in [-0.2, -0.15) is 0 Å². The van der Waals surface area contributed by atoms with Crippen molar-refractivity contribution in [2.45, 2.75) is 43.2 Å². The van der Waals surface area contributed by atoms with E-state index >= 15 is 0 Å². The number of pyridine rings is 1. The first-order valence-electron chi connectivity index (χ1n) is 11.7. The van der Waals surface area contributed by atoms with Crippen LogP contribution in [0.3, 0.4) is 0 Å². The van der Waals surface area contributed by atoms with Gasteiger partial charge in [0, 0.05) is 28.4 Å². The number of aliphatic hydroxyl groups is 1. The number of nitrogens with zero attached hydrogens (tertiary/aromatic N) is 2. The van der Waals surface area contributed by atoms with Crippen molar-refractivity contribution in [1.82, 2.24) is 9.88 Å². The Morgan fingerprint density at radius 2 is 1.97 bits per heavy atom. The molecule has 176 valence electrons. The molecule has 0 amide bonds. The van der Waals surface area contributed by atoms with E-state index in [1.165, 1.54) is 17.7 Å². The fraction of sp³-hybridized carbons (Fsp3) is 0.444. The Balaban J connectivity index is 0.00000259. The first kappa shape index (κ1) is 24.3. The van der Waals surface area contributed by atoms with Gasteiger partial charge < -0.3 is 9.84 Å². The highest BCUT2D eigenvalue weighted by atomic mass is 35.5. The fourth-order valence-electron chi connectivity index (χ4n) is 5.69. The molecular formula is C27H33ClN2O2S. The number of aliphatic hydroxyl groups excluding tert-OH is 1. The number of rotatable bonds is 6. The van der Waals surface area contributed by atoms with Crippen molar-refractivity contribution < 1.29 is 9.84 Å². The van der Waals surface area contributed by atoms with Crippen LogP contribution in [-0.2, 0) is 0 Å². The van der Waals surface area contributed by atoms with Crippen molar-refractivity contribution in [1.29, 1.82) is 0 Å². The van der Waals surface area contributed by atoms with Crippen molar-refractivity contribution in [3.8, 4) is 17.0 Å². The maximum absolute atomic E-state index is 11.7. The van der Waals surface area contributed by atoms with Gasteiger partial charge in [0.05, 0.1) is 24.4 Å². The lowest BCUT2D eigenvalue weighted by Crippen LogP contribution is -2.55. The summed E-state index contributed by atoms with van der Waals surface area (Å²) in [5.74, 6) is 2.29. The lowest BCUT2D eigenvalue weighted by molar-refractivity contribution is -0.0562. The molecule has 4 heterocycles. The van der Waals surface area contributed by atoms with Gasteiger partial charge >= 0.3 is 0 Å². The molecule has 3 aliphatic rings. The fourth-order valence-corrected chi connectivity index (χ4v) is 6.10. The maximum atomic E-state index is 11.7. The predicted octanol–water partition coefficient (Wildman–Crippen LogP) is 6.21. The van der Waals surface area contributed by atoms with E-state index in [0.29, 0.717) is 0 Å². The van der Waals surface area contributed by atoms with Crippen molar-refractivity contribution >= 4 is 35.1 Å². The first-order chi connectivity index (χ1) is 15.6. The molecule has 0 saturated carbocycles. The largest absolute Gasteiger partial charge is 0.497 e. The SMILES string of the molecule is CC[C@H]1CN2CC[C@@H]1C[C@H]2[C@H](O)c1cc(-c2ccc(SC)cc2)nc2ccc(OC)cc12.Cl. The van der Waals surface area contributed by atoms with Gasteiger partial charge in [0.15, 0.2) is 0 Å². The predicted molar refractivity (Wildman–Crippen MR) is 140 cm³/mol. The number of hydrogen-bond donors (Lipinski definition) is 1. The lowest BCUT2D eigenvalue weighted by atomic mass is 9.72. The number of benzene rings is 2. The van der Waals surface area contributed by atoms with Gasteiger partial charge in [-0.05, 0) is 79.4 Å².